The first kappa shape index (κ1) is 17.9. The maximum absolute atomic E-state index is 2.59. The van der Waals surface area contributed by atoms with Crippen molar-refractivity contribution in [2.45, 2.75) is 26.5 Å². The molecule has 0 saturated heterocycles. The Hall–Kier alpha value is -0.859. The minimum absolute atomic E-state index is 0. The van der Waals surface area contributed by atoms with Crippen LogP contribution in [0.1, 0.15) is 34.1 Å². The molecule has 2 aromatic carbocycles. The van der Waals surface area contributed by atoms with Crippen LogP contribution in [0.4, 0.5) is 0 Å². The Morgan fingerprint density at radius 2 is 1.21 bits per heavy atom. The van der Waals surface area contributed by atoms with Crippen LogP contribution in [0, 0.1) is 0 Å². The standard InChI is InChI=1S/C19H15.2CH3.ClH.H2Si.Ti/c1-3-7-18-14(5-1)9-11-16(18)13-17-12-10-15-6-2-4-8-19(15)17;;;;;/h1-13,16-17H;2*1H3;1H;1H2;. The molecule has 0 aliphatic heterocycles. The van der Waals surface area contributed by atoms with Gasteiger partial charge in [-0.2, -0.15) is 0 Å². The molecular formula is C21H24ClSiTi. The fourth-order valence-corrected chi connectivity index (χ4v) is 10.4. The second kappa shape index (κ2) is 6.80. The van der Waals surface area contributed by atoms with E-state index in [1.807, 2.05) is 0 Å². The summed E-state index contributed by atoms with van der Waals surface area (Å²) in [5.41, 5.74) is 5.93. The molecule has 0 radical (unpaired) electrons. The van der Waals surface area contributed by atoms with Gasteiger partial charge in [0.1, 0.15) is 0 Å². The summed E-state index contributed by atoms with van der Waals surface area (Å²) in [6.07, 6.45) is 9.64. The predicted octanol–water partition coefficient (Wildman–Crippen LogP) is 5.62. The molecular weight excluding hydrogens is 364 g/mol. The fraction of sp³-hybridized carbons (Fsp3) is 0.238. The van der Waals surface area contributed by atoms with Gasteiger partial charge in [0.15, 0.2) is 0 Å². The first-order valence-corrected chi connectivity index (χ1v) is 16.5. The van der Waals surface area contributed by atoms with E-state index >= 15 is 0 Å². The van der Waals surface area contributed by atoms with Crippen LogP contribution in [0.15, 0.2) is 60.7 Å². The third kappa shape index (κ3) is 3.04. The van der Waals surface area contributed by atoms with Crippen molar-refractivity contribution in [1.82, 2.24) is 0 Å². The van der Waals surface area contributed by atoms with E-state index in [0.717, 1.165) is 4.22 Å². The van der Waals surface area contributed by atoms with Gasteiger partial charge in [0.25, 0.3) is 0 Å². The van der Waals surface area contributed by atoms with Crippen molar-refractivity contribution < 1.29 is 15.3 Å². The van der Waals surface area contributed by atoms with Crippen molar-refractivity contribution in [3.8, 4) is 0 Å². The number of benzene rings is 2. The Labute approximate surface area is 156 Å². The molecule has 0 saturated carbocycles. The molecule has 123 valence electrons. The zero-order valence-corrected chi connectivity index (χ0v) is 18.1. The van der Waals surface area contributed by atoms with E-state index in [-0.39, 0.29) is 12.4 Å². The average molecular weight is 388 g/mol. The van der Waals surface area contributed by atoms with E-state index in [0.29, 0.717) is 11.8 Å². The van der Waals surface area contributed by atoms with Gasteiger partial charge in [-0.1, -0.05) is 0 Å². The third-order valence-corrected chi connectivity index (χ3v) is 11.2. The van der Waals surface area contributed by atoms with E-state index in [4.69, 9.17) is 0 Å². The SMILES string of the molecule is Cl.[CH3][Ti]([CH3])(=[SiH2])[CH](C1C=Cc2ccccc21)C1C=Cc2ccccc21. The van der Waals surface area contributed by atoms with Crippen LogP contribution in [0.5, 0.6) is 0 Å². The molecule has 0 aromatic heterocycles. The van der Waals surface area contributed by atoms with Crippen molar-refractivity contribution in [2.75, 3.05) is 0 Å². The van der Waals surface area contributed by atoms with Gasteiger partial charge >= 0.3 is 145 Å². The van der Waals surface area contributed by atoms with E-state index in [2.05, 4.69) is 90.9 Å². The molecule has 0 nitrogen and oxygen atoms in total. The molecule has 3 heteroatoms. The minimum atomic E-state index is -1.89. The van der Waals surface area contributed by atoms with Gasteiger partial charge in [-0.25, -0.2) is 0 Å². The monoisotopic (exact) mass is 387 g/mol. The quantitative estimate of drug-likeness (QED) is 0.600. The van der Waals surface area contributed by atoms with Crippen LogP contribution in [-0.2, 0) is 15.3 Å². The molecule has 0 fully saturated rings. The molecule has 2 aliphatic rings. The summed E-state index contributed by atoms with van der Waals surface area (Å²) >= 11 is -1.89. The summed E-state index contributed by atoms with van der Waals surface area (Å²) in [6.45, 7) is 0. The predicted molar refractivity (Wildman–Crippen MR) is 108 cm³/mol. The Balaban J connectivity index is 0.00000169. The molecule has 2 aromatic rings. The molecule has 0 spiro atoms. The summed E-state index contributed by atoms with van der Waals surface area (Å²) in [5, 5.41) is 5.18. The number of hydrogen-bond donors (Lipinski definition) is 0. The van der Waals surface area contributed by atoms with E-state index in [1.165, 1.54) is 11.1 Å². The van der Waals surface area contributed by atoms with Crippen molar-refractivity contribution in [3.05, 3.63) is 82.9 Å². The molecule has 0 amide bonds. The molecule has 0 bridgehead atoms. The van der Waals surface area contributed by atoms with Gasteiger partial charge in [-0.15, -0.1) is 12.4 Å². The number of rotatable bonds is 3. The summed E-state index contributed by atoms with van der Waals surface area (Å²) < 4.78 is 0.758. The summed E-state index contributed by atoms with van der Waals surface area (Å²) in [6, 6.07) is 17.9. The van der Waals surface area contributed by atoms with Crippen LogP contribution in [0.2, 0.25) is 14.7 Å². The van der Waals surface area contributed by atoms with Gasteiger partial charge in [0.2, 0.25) is 0 Å². The van der Waals surface area contributed by atoms with Gasteiger partial charge in [0, 0.05) is 0 Å². The van der Waals surface area contributed by atoms with Crippen LogP contribution in [0.25, 0.3) is 12.2 Å². The third-order valence-electron chi connectivity index (χ3n) is 5.35. The number of allylic oxidation sites excluding steroid dienone is 2. The van der Waals surface area contributed by atoms with Crippen molar-refractivity contribution in [2.24, 2.45) is 0 Å². The normalized spacial score (nSPS) is 21.9. The van der Waals surface area contributed by atoms with Crippen LogP contribution < -0.4 is 0 Å². The Morgan fingerprint density at radius 1 is 0.792 bits per heavy atom. The molecule has 2 atom stereocenters. The van der Waals surface area contributed by atoms with E-state index in [1.54, 1.807) is 11.1 Å². The zero-order chi connectivity index (χ0) is 16.0. The first-order valence-electron chi connectivity index (χ1n) is 8.45. The van der Waals surface area contributed by atoms with Crippen LogP contribution >= 0.6 is 12.4 Å². The first-order chi connectivity index (χ1) is 11.1. The molecule has 0 heterocycles. The number of hydrogen-bond acceptors (Lipinski definition) is 0. The van der Waals surface area contributed by atoms with Crippen LogP contribution in [0.3, 0.4) is 0 Å². The molecule has 0 N–H and O–H groups in total. The van der Waals surface area contributed by atoms with Crippen LogP contribution in [-0.4, -0.2) is 7.63 Å². The zero-order valence-electron chi connectivity index (χ0n) is 14.3. The Morgan fingerprint density at radius 3 is 1.62 bits per heavy atom. The fourth-order valence-electron chi connectivity index (χ4n) is 4.38. The molecule has 2 unspecified atom stereocenters. The topological polar surface area (TPSA) is 0 Å². The van der Waals surface area contributed by atoms with E-state index < -0.39 is 15.3 Å². The van der Waals surface area contributed by atoms with Gasteiger partial charge in [0.05, 0.1) is 0 Å². The maximum atomic E-state index is 2.59. The van der Waals surface area contributed by atoms with Crippen molar-refractivity contribution in [3.63, 3.8) is 0 Å². The van der Waals surface area contributed by atoms with Crippen molar-refractivity contribution >= 4 is 32.2 Å². The summed E-state index contributed by atoms with van der Waals surface area (Å²) in [5.74, 6) is 1.17. The summed E-state index contributed by atoms with van der Waals surface area (Å²) in [7, 11) is 2.34. The Kier molecular flexibility index (Phi) is 5.09. The average Bonchev–Trinajstić information content (AvgIpc) is 3.12. The van der Waals surface area contributed by atoms with Gasteiger partial charge in [-0.05, 0) is 0 Å². The second-order valence-corrected chi connectivity index (χ2v) is 22.3. The number of fused-ring (bicyclic) bond motifs is 2. The van der Waals surface area contributed by atoms with Gasteiger partial charge < -0.3 is 0 Å². The van der Waals surface area contributed by atoms with Crippen molar-refractivity contribution in [1.29, 1.82) is 0 Å². The second-order valence-electron chi connectivity index (χ2n) is 7.54. The number of halogens is 1. The molecule has 4 rings (SSSR count). The Bertz CT molecular complexity index is 800. The van der Waals surface area contributed by atoms with Gasteiger partial charge in [-0.3, -0.25) is 0 Å². The molecule has 2 aliphatic carbocycles. The molecule has 24 heavy (non-hydrogen) atoms. The van der Waals surface area contributed by atoms with E-state index in [9.17, 15) is 0 Å². The summed E-state index contributed by atoms with van der Waals surface area (Å²) in [4.78, 5) is 0.